The van der Waals surface area contributed by atoms with Crippen molar-refractivity contribution >= 4 is 15.4 Å². The van der Waals surface area contributed by atoms with E-state index in [1.807, 2.05) is 44.2 Å². The Kier molecular flexibility index (Phi) is 3.82. The molecule has 1 fully saturated rings. The van der Waals surface area contributed by atoms with Crippen LogP contribution in [0.3, 0.4) is 0 Å². The van der Waals surface area contributed by atoms with Gasteiger partial charge in [0.25, 0.3) is 0 Å². The molecule has 2 unspecified atom stereocenters. The zero-order chi connectivity index (χ0) is 15.0. The SMILES string of the molecule is CC(C)Oc1ccccc1C1=CC2CCCC(C1)S2(=O)=O. The van der Waals surface area contributed by atoms with Crippen LogP contribution in [0.5, 0.6) is 5.75 Å². The molecule has 0 amide bonds. The molecule has 3 nitrogen and oxygen atoms in total. The Hall–Kier alpha value is -1.29. The predicted octanol–water partition coefficient (Wildman–Crippen LogP) is 3.60. The Labute approximate surface area is 126 Å². The Morgan fingerprint density at radius 3 is 2.67 bits per heavy atom. The van der Waals surface area contributed by atoms with Crippen molar-refractivity contribution in [3.05, 3.63) is 35.9 Å². The standard InChI is InChI=1S/C17H22O3S/c1-12(2)20-17-9-4-3-8-16(17)13-10-14-6-5-7-15(11-13)21(14,18)19/h3-4,8-10,12,14-15H,5-7,11H2,1-2H3. The van der Waals surface area contributed by atoms with E-state index in [1.54, 1.807) is 0 Å². The molecule has 3 rings (SSSR count). The summed E-state index contributed by atoms with van der Waals surface area (Å²) in [6.45, 7) is 4.01. The number of para-hydroxylation sites is 1. The van der Waals surface area contributed by atoms with E-state index >= 15 is 0 Å². The van der Waals surface area contributed by atoms with Crippen LogP contribution in [0, 0.1) is 0 Å². The third-order valence-electron chi connectivity index (χ3n) is 4.33. The Morgan fingerprint density at radius 2 is 1.95 bits per heavy atom. The van der Waals surface area contributed by atoms with Crippen LogP contribution in [-0.4, -0.2) is 25.0 Å². The topological polar surface area (TPSA) is 43.4 Å². The highest BCUT2D eigenvalue weighted by molar-refractivity contribution is 7.93. The number of hydrogen-bond donors (Lipinski definition) is 0. The highest BCUT2D eigenvalue weighted by atomic mass is 32.2. The number of fused-ring (bicyclic) bond motifs is 2. The molecule has 0 spiro atoms. The molecule has 1 aromatic rings. The molecule has 21 heavy (non-hydrogen) atoms. The van der Waals surface area contributed by atoms with Crippen LogP contribution in [0.1, 0.15) is 45.1 Å². The second-order valence-electron chi connectivity index (χ2n) is 6.24. The highest BCUT2D eigenvalue weighted by Gasteiger charge is 2.40. The zero-order valence-corrected chi connectivity index (χ0v) is 13.4. The third-order valence-corrected chi connectivity index (χ3v) is 6.88. The van der Waals surface area contributed by atoms with Gasteiger partial charge in [-0.15, -0.1) is 0 Å². The smallest absolute Gasteiger partial charge is 0.159 e. The van der Waals surface area contributed by atoms with Gasteiger partial charge in [-0.2, -0.15) is 0 Å². The summed E-state index contributed by atoms with van der Waals surface area (Å²) in [5.41, 5.74) is 2.19. The maximum absolute atomic E-state index is 12.4. The maximum Gasteiger partial charge on any atom is 0.159 e. The van der Waals surface area contributed by atoms with E-state index in [1.165, 1.54) is 0 Å². The van der Waals surface area contributed by atoms with Gasteiger partial charge in [0.1, 0.15) is 5.75 Å². The van der Waals surface area contributed by atoms with Gasteiger partial charge < -0.3 is 4.74 Å². The third kappa shape index (κ3) is 2.73. The maximum atomic E-state index is 12.4. The minimum atomic E-state index is -2.96. The quantitative estimate of drug-likeness (QED) is 0.857. The fourth-order valence-corrected chi connectivity index (χ4v) is 5.60. The van der Waals surface area contributed by atoms with Crippen molar-refractivity contribution in [2.24, 2.45) is 0 Å². The van der Waals surface area contributed by atoms with Crippen LogP contribution in [-0.2, 0) is 9.84 Å². The largest absolute Gasteiger partial charge is 0.490 e. The number of hydrogen-bond acceptors (Lipinski definition) is 3. The first-order valence-electron chi connectivity index (χ1n) is 7.68. The summed E-state index contributed by atoms with van der Waals surface area (Å²) in [5.74, 6) is 0.858. The first-order valence-corrected chi connectivity index (χ1v) is 9.29. The minimum Gasteiger partial charge on any atom is -0.490 e. The summed E-state index contributed by atoms with van der Waals surface area (Å²) in [4.78, 5) is 0. The molecule has 0 aliphatic carbocycles. The number of benzene rings is 1. The fourth-order valence-electron chi connectivity index (χ4n) is 3.34. The molecular formula is C17H22O3S. The average molecular weight is 306 g/mol. The van der Waals surface area contributed by atoms with E-state index in [9.17, 15) is 8.42 Å². The summed E-state index contributed by atoms with van der Waals surface area (Å²) in [6.07, 6.45) is 5.27. The molecule has 0 N–H and O–H groups in total. The normalized spacial score (nSPS) is 27.3. The molecule has 0 saturated carbocycles. The van der Waals surface area contributed by atoms with Crippen LogP contribution in [0.25, 0.3) is 5.57 Å². The van der Waals surface area contributed by atoms with Crippen LogP contribution in [0.2, 0.25) is 0 Å². The Bertz CT molecular complexity index is 658. The van der Waals surface area contributed by atoms with Crippen molar-refractivity contribution in [2.45, 2.75) is 56.1 Å². The van der Waals surface area contributed by atoms with Crippen LogP contribution in [0.15, 0.2) is 30.3 Å². The van der Waals surface area contributed by atoms with Gasteiger partial charge in [-0.1, -0.05) is 30.7 Å². The minimum absolute atomic E-state index is 0.110. The van der Waals surface area contributed by atoms with Crippen LogP contribution < -0.4 is 4.74 Å². The van der Waals surface area contributed by atoms with Gasteiger partial charge in [-0.05, 0) is 44.7 Å². The second-order valence-corrected chi connectivity index (χ2v) is 8.69. The molecule has 2 bridgehead atoms. The van der Waals surface area contributed by atoms with Crippen molar-refractivity contribution in [3.63, 3.8) is 0 Å². The van der Waals surface area contributed by atoms with E-state index < -0.39 is 9.84 Å². The Morgan fingerprint density at radius 1 is 1.19 bits per heavy atom. The van der Waals surface area contributed by atoms with E-state index in [2.05, 4.69) is 0 Å². The van der Waals surface area contributed by atoms with Gasteiger partial charge in [0.15, 0.2) is 9.84 Å². The van der Waals surface area contributed by atoms with Crippen molar-refractivity contribution in [3.8, 4) is 5.75 Å². The van der Waals surface area contributed by atoms with E-state index in [-0.39, 0.29) is 16.6 Å². The number of ether oxygens (including phenoxy) is 1. The van der Waals surface area contributed by atoms with Crippen molar-refractivity contribution < 1.29 is 13.2 Å². The number of allylic oxidation sites excluding steroid dienone is 1. The lowest BCUT2D eigenvalue weighted by molar-refractivity contribution is 0.241. The van der Waals surface area contributed by atoms with Crippen LogP contribution in [0.4, 0.5) is 0 Å². The van der Waals surface area contributed by atoms with Gasteiger partial charge in [-0.25, -0.2) is 8.42 Å². The summed E-state index contributed by atoms with van der Waals surface area (Å²) in [5, 5.41) is -0.504. The molecule has 1 saturated heterocycles. The van der Waals surface area contributed by atoms with Gasteiger partial charge in [0, 0.05) is 5.56 Å². The van der Waals surface area contributed by atoms with Gasteiger partial charge in [0.2, 0.25) is 0 Å². The molecule has 4 heteroatoms. The van der Waals surface area contributed by atoms with E-state index in [4.69, 9.17) is 4.74 Å². The summed E-state index contributed by atoms with van der Waals surface area (Å²) < 4.78 is 30.6. The number of rotatable bonds is 3. The van der Waals surface area contributed by atoms with Gasteiger partial charge >= 0.3 is 0 Å². The molecule has 2 aliphatic heterocycles. The molecule has 2 atom stereocenters. The molecule has 0 aromatic heterocycles. The van der Waals surface area contributed by atoms with Gasteiger partial charge in [-0.3, -0.25) is 0 Å². The predicted molar refractivity (Wildman–Crippen MR) is 85.1 cm³/mol. The molecule has 2 aliphatic rings. The highest BCUT2D eigenvalue weighted by Crippen LogP contribution is 2.41. The molecule has 1 aromatic carbocycles. The molecular weight excluding hydrogens is 284 g/mol. The van der Waals surface area contributed by atoms with Crippen molar-refractivity contribution in [1.82, 2.24) is 0 Å². The first-order chi connectivity index (χ1) is 9.98. The average Bonchev–Trinajstić information content (AvgIpc) is 2.37. The summed E-state index contributed by atoms with van der Waals surface area (Å²) in [6, 6.07) is 7.96. The molecule has 0 radical (unpaired) electrons. The van der Waals surface area contributed by atoms with Gasteiger partial charge in [0.05, 0.1) is 16.6 Å². The lowest BCUT2D eigenvalue weighted by Crippen LogP contribution is -2.38. The monoisotopic (exact) mass is 306 g/mol. The lowest BCUT2D eigenvalue weighted by atomic mass is 9.93. The Balaban J connectivity index is 2.00. The second kappa shape index (κ2) is 5.48. The lowest BCUT2D eigenvalue weighted by Gasteiger charge is -2.34. The summed E-state index contributed by atoms with van der Waals surface area (Å²) >= 11 is 0. The zero-order valence-electron chi connectivity index (χ0n) is 12.6. The first kappa shape index (κ1) is 14.6. The number of sulfone groups is 1. The van der Waals surface area contributed by atoms with Crippen molar-refractivity contribution in [1.29, 1.82) is 0 Å². The van der Waals surface area contributed by atoms with E-state index in [0.29, 0.717) is 6.42 Å². The van der Waals surface area contributed by atoms with Crippen molar-refractivity contribution in [2.75, 3.05) is 0 Å². The van der Waals surface area contributed by atoms with E-state index in [0.717, 1.165) is 36.1 Å². The molecule has 2 heterocycles. The fraction of sp³-hybridized carbons (Fsp3) is 0.529. The summed E-state index contributed by atoms with van der Waals surface area (Å²) in [7, 11) is -2.96. The van der Waals surface area contributed by atoms with Crippen LogP contribution >= 0.6 is 0 Å². The molecule has 114 valence electrons.